The molecule has 0 saturated heterocycles. The standard InChI is InChI=1S/C33H30FNO7/c34-24-6-1-21(2-7-24)15-31(39)33(12-13-33)32(40)16-22-3-8-26(9-4-22)42-30-11-14-35-28-17-23(5-10-27(28)30)29(38)20-41-19-25(37)18-36/h1-11,14,17,25,36-37H,12-13,15-16,18-20H2/t25-/m0/s1. The van der Waals surface area contributed by atoms with Crippen LogP contribution in [0.5, 0.6) is 11.5 Å². The predicted molar refractivity (Wildman–Crippen MR) is 152 cm³/mol. The average molecular weight is 572 g/mol. The molecule has 42 heavy (non-hydrogen) atoms. The zero-order chi connectivity index (χ0) is 29.7. The molecule has 1 aliphatic rings. The van der Waals surface area contributed by atoms with Gasteiger partial charge in [0.25, 0.3) is 0 Å². The van der Waals surface area contributed by atoms with Crippen molar-refractivity contribution in [2.75, 3.05) is 19.8 Å². The van der Waals surface area contributed by atoms with Crippen LogP contribution in [-0.4, -0.2) is 58.5 Å². The molecule has 0 aliphatic heterocycles. The topological polar surface area (TPSA) is 123 Å². The van der Waals surface area contributed by atoms with Gasteiger partial charge in [-0.15, -0.1) is 0 Å². The van der Waals surface area contributed by atoms with Crippen LogP contribution < -0.4 is 4.74 Å². The lowest BCUT2D eigenvalue weighted by Gasteiger charge is -2.14. The van der Waals surface area contributed by atoms with E-state index in [4.69, 9.17) is 14.6 Å². The molecule has 3 aromatic carbocycles. The Labute approximate surface area is 241 Å². The molecule has 1 heterocycles. The third kappa shape index (κ3) is 6.76. The molecule has 4 aromatic rings. The molecule has 1 aliphatic carbocycles. The van der Waals surface area contributed by atoms with Gasteiger partial charge in [-0.2, -0.15) is 0 Å². The maximum absolute atomic E-state index is 13.2. The Hall–Kier alpha value is -4.31. The number of pyridine rings is 1. The van der Waals surface area contributed by atoms with E-state index in [1.54, 1.807) is 66.9 Å². The van der Waals surface area contributed by atoms with Crippen LogP contribution in [0.25, 0.3) is 10.9 Å². The lowest BCUT2D eigenvalue weighted by molar-refractivity contribution is -0.133. The van der Waals surface area contributed by atoms with Crippen molar-refractivity contribution in [3.05, 3.63) is 102 Å². The monoisotopic (exact) mass is 571 g/mol. The third-order valence-corrected chi connectivity index (χ3v) is 7.39. The molecule has 8 nitrogen and oxygen atoms in total. The largest absolute Gasteiger partial charge is 0.457 e. The van der Waals surface area contributed by atoms with Crippen molar-refractivity contribution in [1.82, 2.24) is 4.98 Å². The number of hydrogen-bond acceptors (Lipinski definition) is 8. The van der Waals surface area contributed by atoms with E-state index in [2.05, 4.69) is 4.98 Å². The van der Waals surface area contributed by atoms with Crippen molar-refractivity contribution in [3.8, 4) is 11.5 Å². The first kappa shape index (κ1) is 29.2. The van der Waals surface area contributed by atoms with Gasteiger partial charge >= 0.3 is 0 Å². The quantitative estimate of drug-likeness (QED) is 0.168. The Kier molecular flexibility index (Phi) is 8.82. The summed E-state index contributed by atoms with van der Waals surface area (Å²) in [6, 6.07) is 19.6. The second kappa shape index (κ2) is 12.7. The van der Waals surface area contributed by atoms with E-state index in [0.717, 1.165) is 5.56 Å². The van der Waals surface area contributed by atoms with Crippen LogP contribution in [0.2, 0.25) is 0 Å². The molecule has 216 valence electrons. The first-order chi connectivity index (χ1) is 20.3. The van der Waals surface area contributed by atoms with E-state index < -0.39 is 18.1 Å². The van der Waals surface area contributed by atoms with Crippen molar-refractivity contribution in [2.24, 2.45) is 5.41 Å². The van der Waals surface area contributed by atoms with Crippen molar-refractivity contribution in [3.63, 3.8) is 0 Å². The number of Topliss-reactive ketones (excluding diaryl/α,β-unsaturated/α-hetero) is 3. The first-order valence-electron chi connectivity index (χ1n) is 13.6. The van der Waals surface area contributed by atoms with Crippen LogP contribution in [0.15, 0.2) is 79.0 Å². The lowest BCUT2D eigenvalue weighted by atomic mass is 9.88. The van der Waals surface area contributed by atoms with Gasteiger partial charge in [-0.05, 0) is 66.4 Å². The molecule has 1 saturated carbocycles. The molecule has 1 aromatic heterocycles. The van der Waals surface area contributed by atoms with Crippen molar-refractivity contribution in [1.29, 1.82) is 0 Å². The number of benzene rings is 3. The Balaban J connectivity index is 1.20. The Morgan fingerprint density at radius 3 is 2.17 bits per heavy atom. The number of ether oxygens (including phenoxy) is 2. The minimum atomic E-state index is -1.04. The minimum Gasteiger partial charge on any atom is -0.457 e. The molecule has 1 fully saturated rings. The van der Waals surface area contributed by atoms with Crippen LogP contribution in [0.3, 0.4) is 0 Å². The smallest absolute Gasteiger partial charge is 0.188 e. The van der Waals surface area contributed by atoms with Crippen molar-refractivity contribution < 1.29 is 38.5 Å². The fraction of sp³-hybridized carbons (Fsp3) is 0.273. The Bertz CT molecular complexity index is 1600. The number of fused-ring (bicyclic) bond motifs is 1. The van der Waals surface area contributed by atoms with Crippen LogP contribution in [-0.2, 0) is 27.2 Å². The fourth-order valence-electron chi connectivity index (χ4n) is 4.76. The molecular weight excluding hydrogens is 541 g/mol. The van der Waals surface area contributed by atoms with E-state index in [-0.39, 0.29) is 49.2 Å². The normalized spacial score (nSPS) is 14.4. The van der Waals surface area contributed by atoms with Crippen LogP contribution in [0.1, 0.15) is 34.3 Å². The fourth-order valence-corrected chi connectivity index (χ4v) is 4.76. The van der Waals surface area contributed by atoms with E-state index in [1.807, 2.05) is 0 Å². The van der Waals surface area contributed by atoms with Gasteiger partial charge in [0.2, 0.25) is 0 Å². The number of carbonyl (C=O) groups is 3. The molecule has 5 rings (SSSR count). The first-order valence-corrected chi connectivity index (χ1v) is 13.6. The summed E-state index contributed by atoms with van der Waals surface area (Å²) < 4.78 is 24.4. The number of carbonyl (C=O) groups excluding carboxylic acids is 3. The van der Waals surface area contributed by atoms with Gasteiger partial charge in [0.15, 0.2) is 17.3 Å². The van der Waals surface area contributed by atoms with Crippen molar-refractivity contribution in [2.45, 2.75) is 31.8 Å². The zero-order valence-corrected chi connectivity index (χ0v) is 22.8. The second-order valence-electron chi connectivity index (χ2n) is 10.5. The highest BCUT2D eigenvalue weighted by atomic mass is 19.1. The highest BCUT2D eigenvalue weighted by Gasteiger charge is 2.54. The summed E-state index contributed by atoms with van der Waals surface area (Å²) in [7, 11) is 0. The Morgan fingerprint density at radius 2 is 1.55 bits per heavy atom. The summed E-state index contributed by atoms with van der Waals surface area (Å²) in [6.45, 7) is -0.827. The van der Waals surface area contributed by atoms with Gasteiger partial charge in [0, 0.05) is 30.0 Å². The van der Waals surface area contributed by atoms with E-state index in [9.17, 15) is 23.9 Å². The van der Waals surface area contributed by atoms with Crippen molar-refractivity contribution >= 4 is 28.3 Å². The molecule has 2 N–H and O–H groups in total. The SMILES string of the molecule is O=C(COC[C@@H](O)CO)c1ccc2c(Oc3ccc(CC(=O)C4(C(=O)Cc5ccc(F)cc5)CC4)cc3)ccnc2c1. The van der Waals surface area contributed by atoms with Gasteiger partial charge in [-0.25, -0.2) is 4.39 Å². The summed E-state index contributed by atoms with van der Waals surface area (Å²) in [6.07, 6.45) is 1.85. The maximum Gasteiger partial charge on any atom is 0.188 e. The number of rotatable bonds is 14. The number of hydrogen-bond donors (Lipinski definition) is 2. The van der Waals surface area contributed by atoms with Gasteiger partial charge in [0.1, 0.15) is 30.0 Å². The number of aliphatic hydroxyl groups excluding tert-OH is 2. The molecule has 0 amide bonds. The van der Waals surface area contributed by atoms with Gasteiger partial charge < -0.3 is 19.7 Å². The highest BCUT2D eigenvalue weighted by molar-refractivity contribution is 6.11. The number of ketones is 3. The molecule has 0 radical (unpaired) electrons. The minimum absolute atomic E-state index is 0.108. The summed E-state index contributed by atoms with van der Waals surface area (Å²) in [5, 5.41) is 18.9. The summed E-state index contributed by atoms with van der Waals surface area (Å²) >= 11 is 0. The van der Waals surface area contributed by atoms with Gasteiger partial charge in [0.05, 0.1) is 24.1 Å². The predicted octanol–water partition coefficient (Wildman–Crippen LogP) is 4.42. The molecular formula is C33H30FNO7. The number of aromatic nitrogens is 1. The zero-order valence-electron chi connectivity index (χ0n) is 22.8. The van der Waals surface area contributed by atoms with Gasteiger partial charge in [-0.3, -0.25) is 19.4 Å². The van der Waals surface area contributed by atoms with E-state index >= 15 is 0 Å². The number of halogens is 1. The van der Waals surface area contributed by atoms with Gasteiger partial charge in [-0.1, -0.05) is 30.3 Å². The molecule has 9 heteroatoms. The van der Waals surface area contributed by atoms with Crippen LogP contribution >= 0.6 is 0 Å². The molecule has 1 atom stereocenters. The lowest BCUT2D eigenvalue weighted by Crippen LogP contribution is -2.28. The average Bonchev–Trinajstić information content (AvgIpc) is 3.81. The molecule has 0 bridgehead atoms. The maximum atomic E-state index is 13.2. The van der Waals surface area contributed by atoms with Crippen LogP contribution in [0.4, 0.5) is 4.39 Å². The van der Waals surface area contributed by atoms with E-state index in [1.165, 1.54) is 12.1 Å². The third-order valence-electron chi connectivity index (χ3n) is 7.39. The summed E-state index contributed by atoms with van der Waals surface area (Å²) in [5.74, 6) is 0.196. The second-order valence-corrected chi connectivity index (χ2v) is 10.5. The van der Waals surface area contributed by atoms with E-state index in [0.29, 0.717) is 46.4 Å². The molecule has 0 spiro atoms. The molecule has 0 unspecified atom stereocenters. The number of nitrogens with zero attached hydrogens (tertiary/aromatic N) is 1. The summed E-state index contributed by atoms with van der Waals surface area (Å²) in [5.41, 5.74) is 1.45. The number of aliphatic hydroxyl groups is 2. The highest BCUT2D eigenvalue weighted by Crippen LogP contribution is 2.48. The Morgan fingerprint density at radius 1 is 0.905 bits per heavy atom. The van der Waals surface area contributed by atoms with Crippen LogP contribution in [0, 0.1) is 11.2 Å². The summed E-state index contributed by atoms with van der Waals surface area (Å²) in [4.78, 5) is 42.8.